The van der Waals surface area contributed by atoms with Crippen LogP contribution in [0.3, 0.4) is 0 Å². The van der Waals surface area contributed by atoms with E-state index in [0.717, 1.165) is 0 Å². The first-order valence-electron chi connectivity index (χ1n) is 3.14. The summed E-state index contributed by atoms with van der Waals surface area (Å²) in [6, 6.07) is 1.77. The number of anilines is 1. The largest absolute Gasteiger partial charge is 0.354 e. The third kappa shape index (κ3) is 2.01. The lowest BCUT2D eigenvalue weighted by atomic mass is 10.5. The van der Waals surface area contributed by atoms with Crippen molar-refractivity contribution in [1.82, 2.24) is 9.97 Å². The van der Waals surface area contributed by atoms with Crippen LogP contribution in [0.15, 0.2) is 18.5 Å². The van der Waals surface area contributed by atoms with Gasteiger partial charge in [0, 0.05) is 18.9 Å². The lowest BCUT2D eigenvalue weighted by Crippen LogP contribution is -2.02. The topological polar surface area (TPSA) is 37.8 Å². The molecule has 0 fully saturated rings. The standard InChI is InChI=1S/C7H9N3/c1-2-4-8-7-9-5-3-6-10-7/h1,3,5-6H,2,4H2,(H,8,9,10). The van der Waals surface area contributed by atoms with E-state index in [9.17, 15) is 0 Å². The predicted octanol–water partition coefficient (Wildman–Crippen LogP) is 0.990. The molecule has 1 aromatic heterocycles. The molecule has 3 nitrogen and oxygen atoms in total. The van der Waals surface area contributed by atoms with Gasteiger partial charge in [-0.3, -0.25) is 0 Å². The Morgan fingerprint density at radius 2 is 2.10 bits per heavy atom. The van der Waals surface area contributed by atoms with Gasteiger partial charge in [0.05, 0.1) is 0 Å². The van der Waals surface area contributed by atoms with Crippen LogP contribution in [-0.2, 0) is 0 Å². The maximum Gasteiger partial charge on any atom is 0.222 e. The van der Waals surface area contributed by atoms with Gasteiger partial charge in [-0.2, -0.15) is 0 Å². The van der Waals surface area contributed by atoms with Crippen LogP contribution >= 0.6 is 0 Å². The highest BCUT2D eigenvalue weighted by Gasteiger charge is 1.87. The van der Waals surface area contributed by atoms with E-state index in [1.165, 1.54) is 0 Å². The highest BCUT2D eigenvalue weighted by atomic mass is 15.1. The zero-order chi connectivity index (χ0) is 7.23. The molecule has 52 valence electrons. The van der Waals surface area contributed by atoms with Gasteiger partial charge in [0.15, 0.2) is 0 Å². The predicted molar refractivity (Wildman–Crippen MR) is 39.4 cm³/mol. The summed E-state index contributed by atoms with van der Waals surface area (Å²) in [5.74, 6) is 0.632. The van der Waals surface area contributed by atoms with Crippen molar-refractivity contribution in [1.29, 1.82) is 0 Å². The molecule has 1 aromatic rings. The second-order valence-corrected chi connectivity index (χ2v) is 1.79. The van der Waals surface area contributed by atoms with E-state index < -0.39 is 0 Å². The molecule has 2 radical (unpaired) electrons. The van der Waals surface area contributed by atoms with Gasteiger partial charge in [-0.1, -0.05) is 0 Å². The van der Waals surface area contributed by atoms with Crippen LogP contribution in [0.25, 0.3) is 0 Å². The van der Waals surface area contributed by atoms with Crippen LogP contribution in [0, 0.1) is 6.92 Å². The molecule has 0 atom stereocenters. The van der Waals surface area contributed by atoms with Crippen molar-refractivity contribution in [3.8, 4) is 0 Å². The Balaban J connectivity index is 2.43. The lowest BCUT2D eigenvalue weighted by molar-refractivity contribution is 1.01. The average molecular weight is 135 g/mol. The molecule has 3 heteroatoms. The molecule has 0 amide bonds. The lowest BCUT2D eigenvalue weighted by Gasteiger charge is -1.98. The van der Waals surface area contributed by atoms with E-state index in [0.29, 0.717) is 18.9 Å². The zero-order valence-electron chi connectivity index (χ0n) is 5.62. The van der Waals surface area contributed by atoms with Gasteiger partial charge in [-0.25, -0.2) is 9.97 Å². The van der Waals surface area contributed by atoms with E-state index in [4.69, 9.17) is 6.92 Å². The summed E-state index contributed by atoms with van der Waals surface area (Å²) in [7, 11) is 0. The molecule has 1 N–H and O–H groups in total. The molecular weight excluding hydrogens is 126 g/mol. The van der Waals surface area contributed by atoms with Crippen molar-refractivity contribution in [2.75, 3.05) is 11.9 Å². The fraction of sp³-hybridized carbons (Fsp3) is 0.286. The van der Waals surface area contributed by atoms with Crippen molar-refractivity contribution < 1.29 is 0 Å². The fourth-order valence-corrected chi connectivity index (χ4v) is 0.574. The van der Waals surface area contributed by atoms with Crippen LogP contribution < -0.4 is 5.32 Å². The summed E-state index contributed by atoms with van der Waals surface area (Å²) >= 11 is 0. The monoisotopic (exact) mass is 135 g/mol. The first kappa shape index (κ1) is 6.99. The Kier molecular flexibility index (Phi) is 2.67. The van der Waals surface area contributed by atoms with Gasteiger partial charge in [-0.15, -0.1) is 0 Å². The van der Waals surface area contributed by atoms with Crippen molar-refractivity contribution in [3.05, 3.63) is 25.4 Å². The Morgan fingerprint density at radius 1 is 1.40 bits per heavy atom. The van der Waals surface area contributed by atoms with Gasteiger partial charge in [-0.05, 0) is 19.4 Å². The molecular formula is C7H9N3. The maximum atomic E-state index is 5.26. The molecule has 0 bridgehead atoms. The number of aromatic nitrogens is 2. The highest BCUT2D eigenvalue weighted by Crippen LogP contribution is 1.92. The minimum Gasteiger partial charge on any atom is -0.354 e. The normalized spacial score (nSPS) is 9.30. The van der Waals surface area contributed by atoms with E-state index >= 15 is 0 Å². The quantitative estimate of drug-likeness (QED) is 0.671. The second kappa shape index (κ2) is 3.82. The SMILES string of the molecule is [CH]CCNc1ncccn1. The Bertz CT molecular complexity index is 173. The summed E-state index contributed by atoms with van der Waals surface area (Å²) in [5, 5.41) is 2.95. The Hall–Kier alpha value is -1.12. The number of hydrogen-bond acceptors (Lipinski definition) is 3. The van der Waals surface area contributed by atoms with Crippen LogP contribution in [0.2, 0.25) is 0 Å². The minimum absolute atomic E-state index is 0.595. The summed E-state index contributed by atoms with van der Waals surface area (Å²) in [4.78, 5) is 7.88. The summed E-state index contributed by atoms with van der Waals surface area (Å²) in [5.41, 5.74) is 0. The molecule has 0 aliphatic carbocycles. The van der Waals surface area contributed by atoms with Gasteiger partial charge < -0.3 is 5.32 Å². The average Bonchev–Trinajstić information content (AvgIpc) is 2.03. The Morgan fingerprint density at radius 3 is 2.70 bits per heavy atom. The molecule has 0 aliphatic rings. The number of hydrogen-bond donors (Lipinski definition) is 1. The van der Waals surface area contributed by atoms with E-state index in [-0.39, 0.29) is 0 Å². The van der Waals surface area contributed by atoms with Gasteiger partial charge in [0.2, 0.25) is 5.95 Å². The molecule has 0 saturated carbocycles. The summed E-state index contributed by atoms with van der Waals surface area (Å²) in [6.07, 6.45) is 3.97. The van der Waals surface area contributed by atoms with Gasteiger partial charge in [0.25, 0.3) is 0 Å². The highest BCUT2D eigenvalue weighted by molar-refractivity contribution is 5.21. The van der Waals surface area contributed by atoms with Crippen molar-refractivity contribution in [2.24, 2.45) is 0 Å². The molecule has 0 spiro atoms. The third-order valence-corrected chi connectivity index (χ3v) is 0.993. The van der Waals surface area contributed by atoms with E-state index in [1.54, 1.807) is 18.5 Å². The van der Waals surface area contributed by atoms with Crippen LogP contribution in [0.1, 0.15) is 6.42 Å². The van der Waals surface area contributed by atoms with Crippen LogP contribution in [0.5, 0.6) is 0 Å². The molecule has 1 heterocycles. The van der Waals surface area contributed by atoms with Crippen LogP contribution in [0.4, 0.5) is 5.95 Å². The number of nitrogens with zero attached hydrogens (tertiary/aromatic N) is 2. The molecule has 0 unspecified atom stereocenters. The molecule has 1 rings (SSSR count). The zero-order valence-corrected chi connectivity index (χ0v) is 5.62. The minimum atomic E-state index is 0.595. The van der Waals surface area contributed by atoms with Crippen LogP contribution in [-0.4, -0.2) is 16.5 Å². The number of rotatable bonds is 3. The molecule has 0 saturated heterocycles. The van der Waals surface area contributed by atoms with Crippen molar-refractivity contribution in [3.63, 3.8) is 0 Å². The first-order valence-corrected chi connectivity index (χ1v) is 3.14. The van der Waals surface area contributed by atoms with Gasteiger partial charge >= 0.3 is 0 Å². The second-order valence-electron chi connectivity index (χ2n) is 1.79. The van der Waals surface area contributed by atoms with E-state index in [1.807, 2.05) is 0 Å². The summed E-state index contributed by atoms with van der Waals surface area (Å²) < 4.78 is 0. The molecule has 0 aliphatic heterocycles. The maximum absolute atomic E-state index is 5.26. The van der Waals surface area contributed by atoms with Crippen molar-refractivity contribution in [2.45, 2.75) is 6.42 Å². The van der Waals surface area contributed by atoms with Crippen molar-refractivity contribution >= 4 is 5.95 Å². The van der Waals surface area contributed by atoms with Gasteiger partial charge in [0.1, 0.15) is 0 Å². The first-order chi connectivity index (χ1) is 4.93. The fourth-order valence-electron chi connectivity index (χ4n) is 0.574. The number of nitrogens with one attached hydrogen (secondary N) is 1. The smallest absolute Gasteiger partial charge is 0.222 e. The Labute approximate surface area is 60.5 Å². The molecule has 0 aromatic carbocycles. The summed E-state index contributed by atoms with van der Waals surface area (Å²) in [6.45, 7) is 5.97. The molecule has 10 heavy (non-hydrogen) atoms. The third-order valence-electron chi connectivity index (χ3n) is 0.993. The van der Waals surface area contributed by atoms with E-state index in [2.05, 4.69) is 15.3 Å².